The molecule has 3 aliphatic rings. The van der Waals surface area contributed by atoms with Crippen LogP contribution < -0.4 is 15.8 Å². The molecule has 1 aromatic heterocycles. The molecule has 2 saturated heterocycles. The van der Waals surface area contributed by atoms with Crippen LogP contribution in [0, 0.1) is 12.7 Å². The molecule has 1 aliphatic carbocycles. The third kappa shape index (κ3) is 6.38. The topological polar surface area (TPSA) is 112 Å². The number of carbonyl (C=O) groups is 1. The summed E-state index contributed by atoms with van der Waals surface area (Å²) in [5.74, 6) is -0.883. The van der Waals surface area contributed by atoms with Gasteiger partial charge in [-0.25, -0.2) is 18.7 Å². The molecule has 2 aliphatic heterocycles. The Morgan fingerprint density at radius 3 is 2.66 bits per heavy atom. The summed E-state index contributed by atoms with van der Waals surface area (Å²) < 4.78 is 46.4. The molecule has 3 N–H and O–H groups in total. The van der Waals surface area contributed by atoms with E-state index in [1.54, 1.807) is 31.2 Å². The van der Waals surface area contributed by atoms with Crippen LogP contribution in [0.3, 0.4) is 0 Å². The van der Waals surface area contributed by atoms with E-state index in [0.29, 0.717) is 65.6 Å². The Bertz CT molecular complexity index is 1480. The normalized spacial score (nSPS) is 22.0. The van der Waals surface area contributed by atoms with Crippen LogP contribution in [0.1, 0.15) is 24.0 Å². The Labute approximate surface area is 236 Å². The number of carbonyl (C=O) groups excluding carboxylic acids is 1. The molecule has 3 heterocycles. The Morgan fingerprint density at radius 2 is 1.95 bits per heavy atom. The summed E-state index contributed by atoms with van der Waals surface area (Å²) in [7, 11) is 0. The number of benzene rings is 2. The van der Waals surface area contributed by atoms with Crippen molar-refractivity contribution in [3.05, 3.63) is 65.5 Å². The lowest BCUT2D eigenvalue weighted by Crippen LogP contribution is -2.36. The minimum Gasteiger partial charge on any atom is -0.491 e. The number of aromatic nitrogens is 2. The van der Waals surface area contributed by atoms with E-state index in [1.165, 1.54) is 18.5 Å². The maximum atomic E-state index is 15.1. The van der Waals surface area contributed by atoms with E-state index in [4.69, 9.17) is 19.9 Å². The second-order valence-electron chi connectivity index (χ2n) is 11.1. The van der Waals surface area contributed by atoms with Gasteiger partial charge in [-0.2, -0.15) is 0 Å². The number of nitrogens with two attached hydrogens (primary N) is 1. The SMILES string of the molecule is Cc1cc(Nc2ncnc3cc(OCC4(N)CC4)c(CC(=O)/C(F)=C\CN4C[C@@H]5OCCO[C@H]5C4)cc23)ccc1F. The number of anilines is 2. The van der Waals surface area contributed by atoms with Crippen molar-refractivity contribution in [2.24, 2.45) is 5.73 Å². The molecule has 0 radical (unpaired) electrons. The maximum Gasteiger partial charge on any atom is 0.195 e. The molecular formula is C30H33F2N5O4. The first-order valence-corrected chi connectivity index (χ1v) is 13.8. The third-order valence-corrected chi connectivity index (χ3v) is 7.83. The zero-order valence-corrected chi connectivity index (χ0v) is 22.9. The predicted octanol–water partition coefficient (Wildman–Crippen LogP) is 3.76. The van der Waals surface area contributed by atoms with Crippen LogP contribution in [0.2, 0.25) is 0 Å². The number of fused-ring (bicyclic) bond motifs is 2. The minimum atomic E-state index is -0.810. The number of nitrogens with zero attached hydrogens (tertiary/aromatic N) is 3. The molecule has 0 unspecified atom stereocenters. The van der Waals surface area contributed by atoms with Crippen molar-refractivity contribution in [3.8, 4) is 5.75 Å². The van der Waals surface area contributed by atoms with Crippen LogP contribution in [0.4, 0.5) is 20.3 Å². The van der Waals surface area contributed by atoms with Gasteiger partial charge in [-0.1, -0.05) is 0 Å². The highest BCUT2D eigenvalue weighted by Gasteiger charge is 2.39. The first-order valence-electron chi connectivity index (χ1n) is 13.8. The number of nitrogens with one attached hydrogen (secondary N) is 1. The van der Waals surface area contributed by atoms with Crippen molar-refractivity contribution >= 4 is 28.2 Å². The number of aryl methyl sites for hydroxylation is 1. The average Bonchev–Trinajstić information content (AvgIpc) is 3.55. The molecule has 3 fully saturated rings. The van der Waals surface area contributed by atoms with Crippen molar-refractivity contribution < 1.29 is 27.8 Å². The molecule has 1 saturated carbocycles. The molecular weight excluding hydrogens is 532 g/mol. The Kier molecular flexibility index (Phi) is 7.69. The van der Waals surface area contributed by atoms with Crippen molar-refractivity contribution in [3.63, 3.8) is 0 Å². The Morgan fingerprint density at radius 1 is 1.20 bits per heavy atom. The highest BCUT2D eigenvalue weighted by Crippen LogP contribution is 2.35. The molecule has 0 bridgehead atoms. The van der Waals surface area contributed by atoms with E-state index in [1.807, 2.05) is 4.90 Å². The lowest BCUT2D eigenvalue weighted by atomic mass is 10.0. The second-order valence-corrected chi connectivity index (χ2v) is 11.1. The van der Waals surface area contributed by atoms with Gasteiger partial charge in [-0.3, -0.25) is 9.69 Å². The first-order chi connectivity index (χ1) is 19.8. The monoisotopic (exact) mass is 565 g/mol. The van der Waals surface area contributed by atoms with Crippen molar-refractivity contribution in [1.29, 1.82) is 0 Å². The second kappa shape index (κ2) is 11.4. The number of rotatable bonds is 10. The van der Waals surface area contributed by atoms with Crippen molar-refractivity contribution in [1.82, 2.24) is 14.9 Å². The number of hydrogen-bond acceptors (Lipinski definition) is 9. The lowest BCUT2D eigenvalue weighted by Gasteiger charge is -2.24. The molecule has 0 spiro atoms. The lowest BCUT2D eigenvalue weighted by molar-refractivity contribution is -0.116. The minimum absolute atomic E-state index is 0.0191. The van der Waals surface area contributed by atoms with Gasteiger partial charge in [0.15, 0.2) is 11.6 Å². The van der Waals surface area contributed by atoms with E-state index in [9.17, 15) is 9.18 Å². The van der Waals surface area contributed by atoms with E-state index in [-0.39, 0.29) is 43.1 Å². The fourth-order valence-corrected chi connectivity index (χ4v) is 5.15. The molecule has 11 heteroatoms. The number of allylic oxidation sites excluding steroid dienone is 1. The summed E-state index contributed by atoms with van der Waals surface area (Å²) in [5.41, 5.74) is 8.05. The van der Waals surface area contributed by atoms with Crippen LogP contribution >= 0.6 is 0 Å². The number of ketones is 1. The number of halogens is 2. The van der Waals surface area contributed by atoms with Gasteiger partial charge in [0.1, 0.15) is 30.3 Å². The number of likely N-dealkylation sites (tertiary alicyclic amines) is 1. The van der Waals surface area contributed by atoms with E-state index in [2.05, 4.69) is 15.3 Å². The van der Waals surface area contributed by atoms with Gasteiger partial charge in [0.25, 0.3) is 0 Å². The van der Waals surface area contributed by atoms with Crippen molar-refractivity contribution in [2.75, 3.05) is 44.8 Å². The zero-order valence-electron chi connectivity index (χ0n) is 22.9. The predicted molar refractivity (Wildman–Crippen MR) is 149 cm³/mol. The van der Waals surface area contributed by atoms with E-state index < -0.39 is 11.6 Å². The number of Topliss-reactive ketones (excluding diaryl/α,β-unsaturated/α-hetero) is 1. The quantitative estimate of drug-likeness (QED) is 0.355. The van der Waals surface area contributed by atoms with Gasteiger partial charge in [-0.15, -0.1) is 0 Å². The zero-order chi connectivity index (χ0) is 28.6. The molecule has 3 aromatic rings. The van der Waals surface area contributed by atoms with Crippen LogP contribution in [-0.2, 0) is 20.7 Å². The summed E-state index contributed by atoms with van der Waals surface area (Å²) in [4.78, 5) is 23.8. The molecule has 2 atom stereocenters. The van der Waals surface area contributed by atoms with Crippen LogP contribution in [0.5, 0.6) is 5.75 Å². The average molecular weight is 566 g/mol. The van der Waals surface area contributed by atoms with Gasteiger partial charge in [0.2, 0.25) is 0 Å². The maximum absolute atomic E-state index is 15.1. The summed E-state index contributed by atoms with van der Waals surface area (Å²) in [6.07, 6.45) is 4.18. The molecule has 9 nitrogen and oxygen atoms in total. The van der Waals surface area contributed by atoms with Gasteiger partial charge < -0.3 is 25.3 Å². The summed E-state index contributed by atoms with van der Waals surface area (Å²) >= 11 is 0. The van der Waals surface area contributed by atoms with Gasteiger partial charge in [-0.05, 0) is 55.7 Å². The van der Waals surface area contributed by atoms with E-state index in [0.717, 1.165) is 12.8 Å². The first kappa shape index (κ1) is 27.6. The fraction of sp³-hybridized carbons (Fsp3) is 0.433. The number of ether oxygens (including phenoxy) is 3. The highest BCUT2D eigenvalue weighted by atomic mass is 19.1. The summed E-state index contributed by atoms with van der Waals surface area (Å²) in [6.45, 7) is 4.63. The summed E-state index contributed by atoms with van der Waals surface area (Å²) in [6, 6.07) is 8.13. The van der Waals surface area contributed by atoms with Gasteiger partial charge in [0.05, 0.1) is 36.5 Å². The molecule has 6 rings (SSSR count). The number of hydrogen-bond donors (Lipinski definition) is 2. The van der Waals surface area contributed by atoms with Crippen LogP contribution in [0.25, 0.3) is 10.9 Å². The van der Waals surface area contributed by atoms with Crippen LogP contribution in [0.15, 0.2) is 48.6 Å². The molecule has 0 amide bonds. The van der Waals surface area contributed by atoms with E-state index >= 15 is 4.39 Å². The molecule has 216 valence electrons. The smallest absolute Gasteiger partial charge is 0.195 e. The van der Waals surface area contributed by atoms with Crippen molar-refractivity contribution in [2.45, 2.75) is 43.9 Å². The fourth-order valence-electron chi connectivity index (χ4n) is 5.15. The van der Waals surface area contributed by atoms with Gasteiger partial charge >= 0.3 is 0 Å². The highest BCUT2D eigenvalue weighted by molar-refractivity contribution is 5.97. The largest absolute Gasteiger partial charge is 0.491 e. The molecule has 41 heavy (non-hydrogen) atoms. The van der Waals surface area contributed by atoms with Gasteiger partial charge in [0, 0.05) is 48.8 Å². The standard InChI is InChI=1S/C30H33F2N5O4/c1-18-10-20(2-3-22(18)31)36-29-21-11-19(26(13-24(21)34-17-35-29)41-16-30(33)5-6-30)12-25(38)23(32)4-7-37-14-27-28(15-37)40-9-8-39-27/h2-4,10-11,13,17,27-28H,5-9,12,14-16,33H2,1H3,(H,34,35,36)/b23-4+/t27-,28-/m0/s1. The van der Waals surface area contributed by atoms with Crippen LogP contribution in [-0.4, -0.2) is 77.9 Å². The summed E-state index contributed by atoms with van der Waals surface area (Å²) in [5, 5.41) is 3.82. The Balaban J connectivity index is 1.23. The Hall–Kier alpha value is -3.51. The third-order valence-electron chi connectivity index (χ3n) is 7.83. The molecule has 2 aromatic carbocycles.